The van der Waals surface area contributed by atoms with Gasteiger partial charge in [-0.1, -0.05) is 54.6 Å². The van der Waals surface area contributed by atoms with Crippen LogP contribution in [-0.4, -0.2) is 31.2 Å². The predicted molar refractivity (Wildman–Crippen MR) is 85.0 cm³/mol. The van der Waals surface area contributed by atoms with Gasteiger partial charge in [-0.2, -0.15) is 0 Å². The molecule has 3 rings (SSSR count). The zero-order valence-electron chi connectivity index (χ0n) is 12.2. The van der Waals surface area contributed by atoms with E-state index in [2.05, 4.69) is 41.3 Å². The molecule has 21 heavy (non-hydrogen) atoms. The van der Waals surface area contributed by atoms with Gasteiger partial charge in [-0.3, -0.25) is 4.90 Å². The number of morpholine rings is 1. The second-order valence-corrected chi connectivity index (χ2v) is 5.52. The van der Waals surface area contributed by atoms with Crippen molar-refractivity contribution in [1.29, 1.82) is 0 Å². The fourth-order valence-electron chi connectivity index (χ4n) is 2.70. The lowest BCUT2D eigenvalue weighted by Crippen LogP contribution is -2.35. The van der Waals surface area contributed by atoms with Crippen LogP contribution in [0.15, 0.2) is 54.6 Å². The van der Waals surface area contributed by atoms with Gasteiger partial charge in [0.1, 0.15) is 0 Å². The van der Waals surface area contributed by atoms with Crippen LogP contribution in [0.5, 0.6) is 0 Å². The summed E-state index contributed by atoms with van der Waals surface area (Å²) in [4.78, 5) is 2.43. The summed E-state index contributed by atoms with van der Waals surface area (Å²) in [7, 11) is 0. The number of ether oxygens (including phenoxy) is 1. The minimum absolute atomic E-state index is 0.0522. The molecule has 1 unspecified atom stereocenters. The Morgan fingerprint density at radius 1 is 0.905 bits per heavy atom. The molecular formula is C18H22N2O. The van der Waals surface area contributed by atoms with Gasteiger partial charge in [0.05, 0.1) is 19.3 Å². The van der Waals surface area contributed by atoms with E-state index in [0.717, 1.165) is 44.0 Å². The minimum Gasteiger partial charge on any atom is -0.379 e. The summed E-state index contributed by atoms with van der Waals surface area (Å²) in [6, 6.07) is 18.8. The van der Waals surface area contributed by atoms with E-state index in [-0.39, 0.29) is 6.04 Å². The molecule has 0 spiro atoms. The number of nitrogens with zero attached hydrogens (tertiary/aromatic N) is 1. The molecule has 1 aliphatic rings. The van der Waals surface area contributed by atoms with Crippen molar-refractivity contribution in [1.82, 2.24) is 4.90 Å². The average Bonchev–Trinajstić information content (AvgIpc) is 2.57. The van der Waals surface area contributed by atoms with Gasteiger partial charge in [-0.25, -0.2) is 0 Å². The van der Waals surface area contributed by atoms with Crippen molar-refractivity contribution in [3.05, 3.63) is 71.3 Å². The van der Waals surface area contributed by atoms with Crippen LogP contribution in [0.25, 0.3) is 0 Å². The van der Waals surface area contributed by atoms with Gasteiger partial charge < -0.3 is 10.5 Å². The van der Waals surface area contributed by atoms with Crippen LogP contribution >= 0.6 is 0 Å². The summed E-state index contributed by atoms with van der Waals surface area (Å²) in [6.07, 6.45) is 0. The van der Waals surface area contributed by atoms with E-state index in [1.165, 1.54) is 5.56 Å². The molecule has 1 fully saturated rings. The van der Waals surface area contributed by atoms with E-state index in [0.29, 0.717) is 0 Å². The third-order valence-electron chi connectivity index (χ3n) is 4.01. The molecule has 2 N–H and O–H groups in total. The van der Waals surface area contributed by atoms with Gasteiger partial charge >= 0.3 is 0 Å². The Bertz CT molecular complexity index is 547. The average molecular weight is 282 g/mol. The molecule has 0 amide bonds. The fourth-order valence-corrected chi connectivity index (χ4v) is 2.70. The molecule has 110 valence electrons. The van der Waals surface area contributed by atoms with E-state index in [1.54, 1.807) is 0 Å². The highest BCUT2D eigenvalue weighted by atomic mass is 16.5. The Kier molecular flexibility index (Phi) is 4.65. The van der Waals surface area contributed by atoms with Crippen LogP contribution in [-0.2, 0) is 11.3 Å². The predicted octanol–water partition coefficient (Wildman–Crippen LogP) is 2.57. The highest BCUT2D eigenvalue weighted by Gasteiger charge is 2.12. The van der Waals surface area contributed by atoms with Gasteiger partial charge in [0, 0.05) is 19.6 Å². The lowest BCUT2D eigenvalue weighted by molar-refractivity contribution is 0.0342. The Morgan fingerprint density at radius 2 is 1.52 bits per heavy atom. The van der Waals surface area contributed by atoms with E-state index in [1.807, 2.05) is 18.2 Å². The monoisotopic (exact) mass is 282 g/mol. The van der Waals surface area contributed by atoms with Crippen molar-refractivity contribution in [2.75, 3.05) is 26.3 Å². The Hall–Kier alpha value is -1.68. The molecule has 3 nitrogen and oxygen atoms in total. The van der Waals surface area contributed by atoms with Crippen molar-refractivity contribution >= 4 is 0 Å². The van der Waals surface area contributed by atoms with Gasteiger partial charge in [0.15, 0.2) is 0 Å². The Labute approximate surface area is 126 Å². The van der Waals surface area contributed by atoms with Crippen molar-refractivity contribution < 1.29 is 4.74 Å². The van der Waals surface area contributed by atoms with Crippen molar-refractivity contribution in [2.45, 2.75) is 12.6 Å². The maximum atomic E-state index is 6.32. The van der Waals surface area contributed by atoms with Crippen LogP contribution in [0.1, 0.15) is 22.7 Å². The van der Waals surface area contributed by atoms with Crippen molar-refractivity contribution in [3.8, 4) is 0 Å². The first-order valence-corrected chi connectivity index (χ1v) is 7.52. The third kappa shape index (κ3) is 3.70. The summed E-state index contributed by atoms with van der Waals surface area (Å²) in [5, 5.41) is 0. The van der Waals surface area contributed by atoms with Gasteiger partial charge in [-0.15, -0.1) is 0 Å². The summed E-state index contributed by atoms with van der Waals surface area (Å²) >= 11 is 0. The Balaban J connectivity index is 1.66. The highest BCUT2D eigenvalue weighted by Crippen LogP contribution is 2.20. The van der Waals surface area contributed by atoms with Gasteiger partial charge in [0.2, 0.25) is 0 Å². The zero-order chi connectivity index (χ0) is 14.5. The molecule has 0 aromatic heterocycles. The summed E-state index contributed by atoms with van der Waals surface area (Å²) < 4.78 is 5.38. The smallest absolute Gasteiger partial charge is 0.0594 e. The van der Waals surface area contributed by atoms with Gasteiger partial charge in [0.25, 0.3) is 0 Å². The first-order valence-electron chi connectivity index (χ1n) is 7.52. The standard InChI is InChI=1S/C18H22N2O/c19-18(16-4-2-1-3-5-16)17-8-6-15(7-9-17)14-20-10-12-21-13-11-20/h1-9,18H,10-14,19H2. The quantitative estimate of drug-likeness (QED) is 0.936. The van der Waals surface area contributed by atoms with Crippen LogP contribution < -0.4 is 5.73 Å². The number of hydrogen-bond acceptors (Lipinski definition) is 3. The number of rotatable bonds is 4. The van der Waals surface area contributed by atoms with Gasteiger partial charge in [-0.05, 0) is 16.7 Å². The van der Waals surface area contributed by atoms with Crippen LogP contribution in [0.3, 0.4) is 0 Å². The molecule has 0 radical (unpaired) electrons. The van der Waals surface area contributed by atoms with Crippen molar-refractivity contribution in [3.63, 3.8) is 0 Å². The Morgan fingerprint density at radius 3 is 2.19 bits per heavy atom. The third-order valence-corrected chi connectivity index (χ3v) is 4.01. The molecule has 1 saturated heterocycles. The van der Waals surface area contributed by atoms with Crippen molar-refractivity contribution in [2.24, 2.45) is 5.73 Å². The number of benzene rings is 2. The topological polar surface area (TPSA) is 38.5 Å². The first-order chi connectivity index (χ1) is 10.3. The molecule has 1 aliphatic heterocycles. The highest BCUT2D eigenvalue weighted by molar-refractivity contribution is 5.33. The SMILES string of the molecule is NC(c1ccccc1)c1ccc(CN2CCOCC2)cc1. The maximum Gasteiger partial charge on any atom is 0.0594 e. The summed E-state index contributed by atoms with van der Waals surface area (Å²) in [5.41, 5.74) is 9.97. The molecular weight excluding hydrogens is 260 g/mol. The lowest BCUT2D eigenvalue weighted by Gasteiger charge is -2.26. The van der Waals surface area contributed by atoms with Crippen LogP contribution in [0.2, 0.25) is 0 Å². The van der Waals surface area contributed by atoms with E-state index < -0.39 is 0 Å². The van der Waals surface area contributed by atoms with Crippen LogP contribution in [0.4, 0.5) is 0 Å². The second-order valence-electron chi connectivity index (χ2n) is 5.52. The fraction of sp³-hybridized carbons (Fsp3) is 0.333. The van der Waals surface area contributed by atoms with E-state index in [4.69, 9.17) is 10.5 Å². The summed E-state index contributed by atoms with van der Waals surface area (Å²) in [5.74, 6) is 0. The van der Waals surface area contributed by atoms with E-state index >= 15 is 0 Å². The largest absolute Gasteiger partial charge is 0.379 e. The summed E-state index contributed by atoms with van der Waals surface area (Å²) in [6.45, 7) is 4.72. The first kappa shape index (κ1) is 14.3. The number of nitrogens with two attached hydrogens (primary N) is 1. The molecule has 0 aliphatic carbocycles. The zero-order valence-corrected chi connectivity index (χ0v) is 12.2. The minimum atomic E-state index is -0.0522. The lowest BCUT2D eigenvalue weighted by atomic mass is 9.98. The van der Waals surface area contributed by atoms with E-state index in [9.17, 15) is 0 Å². The molecule has 2 aromatic rings. The molecule has 3 heteroatoms. The molecule has 1 atom stereocenters. The number of hydrogen-bond donors (Lipinski definition) is 1. The molecule has 0 saturated carbocycles. The normalized spacial score (nSPS) is 17.6. The molecule has 1 heterocycles. The molecule has 2 aromatic carbocycles. The van der Waals surface area contributed by atoms with Crippen LogP contribution in [0, 0.1) is 0 Å². The maximum absolute atomic E-state index is 6.32. The second kappa shape index (κ2) is 6.85. The molecule has 0 bridgehead atoms.